The highest BCUT2D eigenvalue weighted by Gasteiger charge is 2.31. The van der Waals surface area contributed by atoms with Crippen molar-refractivity contribution >= 4 is 16.9 Å². The number of likely N-dealkylation sites (tertiary alicyclic amines) is 1. The smallest absolute Gasteiger partial charge is 0.245 e. The van der Waals surface area contributed by atoms with Crippen LogP contribution in [0, 0.1) is 0 Å². The second-order valence-corrected chi connectivity index (χ2v) is 6.73. The first kappa shape index (κ1) is 15.9. The van der Waals surface area contributed by atoms with Crippen LogP contribution in [0.15, 0.2) is 49.1 Å². The van der Waals surface area contributed by atoms with Gasteiger partial charge >= 0.3 is 0 Å². The molecule has 0 saturated carbocycles. The Bertz CT molecular complexity index is 854. The predicted molar refractivity (Wildman–Crippen MR) is 96.0 cm³/mol. The zero-order chi connectivity index (χ0) is 17.2. The second kappa shape index (κ2) is 6.70. The number of nitrogens with zero attached hydrogens (tertiary/aromatic N) is 5. The second-order valence-electron chi connectivity index (χ2n) is 6.73. The Morgan fingerprint density at radius 2 is 2.16 bits per heavy atom. The van der Waals surface area contributed by atoms with Gasteiger partial charge in [-0.1, -0.05) is 12.1 Å². The van der Waals surface area contributed by atoms with Crippen LogP contribution < -0.4 is 0 Å². The molecule has 1 aliphatic rings. The van der Waals surface area contributed by atoms with E-state index in [0.717, 1.165) is 43.4 Å². The summed E-state index contributed by atoms with van der Waals surface area (Å²) in [6.45, 7) is 3.55. The Kier molecular flexibility index (Phi) is 4.26. The highest BCUT2D eigenvalue weighted by molar-refractivity contribution is 5.84. The number of hydrogen-bond donors (Lipinski definition) is 0. The SMILES string of the molecule is C[C@H](C(=O)N1CCCC[C@@H]1Cn1cccn1)n1cnc2ccccc21. The highest BCUT2D eigenvalue weighted by atomic mass is 16.2. The lowest BCUT2D eigenvalue weighted by Crippen LogP contribution is -2.48. The highest BCUT2D eigenvalue weighted by Crippen LogP contribution is 2.24. The normalized spacial score (nSPS) is 19.2. The number of carbonyl (C=O) groups excluding carboxylic acids is 1. The number of carbonyl (C=O) groups is 1. The molecule has 0 unspecified atom stereocenters. The molecule has 6 heteroatoms. The molecule has 1 fully saturated rings. The van der Waals surface area contributed by atoms with Crippen LogP contribution in [-0.4, -0.2) is 42.7 Å². The summed E-state index contributed by atoms with van der Waals surface area (Å²) in [6, 6.07) is 9.82. The van der Waals surface area contributed by atoms with Crippen LogP contribution in [0.1, 0.15) is 32.2 Å². The van der Waals surface area contributed by atoms with E-state index < -0.39 is 0 Å². The lowest BCUT2D eigenvalue weighted by molar-refractivity contribution is -0.138. The van der Waals surface area contributed by atoms with Crippen molar-refractivity contribution in [3.8, 4) is 0 Å². The summed E-state index contributed by atoms with van der Waals surface area (Å²) in [5.41, 5.74) is 1.93. The molecule has 1 aromatic carbocycles. The minimum atomic E-state index is -0.259. The molecule has 6 nitrogen and oxygen atoms in total. The van der Waals surface area contributed by atoms with E-state index in [4.69, 9.17) is 0 Å². The first-order chi connectivity index (χ1) is 12.2. The van der Waals surface area contributed by atoms with E-state index in [1.165, 1.54) is 0 Å². The zero-order valence-corrected chi connectivity index (χ0v) is 14.5. The molecule has 0 aliphatic carbocycles. The summed E-state index contributed by atoms with van der Waals surface area (Å²) >= 11 is 0. The van der Waals surface area contributed by atoms with Gasteiger partial charge in [0.15, 0.2) is 0 Å². The average molecular weight is 337 g/mol. The number of imidazole rings is 1. The molecule has 0 spiro atoms. The van der Waals surface area contributed by atoms with Crippen molar-refractivity contribution in [3.63, 3.8) is 0 Å². The van der Waals surface area contributed by atoms with E-state index >= 15 is 0 Å². The Morgan fingerprint density at radius 3 is 3.00 bits per heavy atom. The van der Waals surface area contributed by atoms with E-state index in [-0.39, 0.29) is 18.0 Å². The van der Waals surface area contributed by atoms with E-state index in [9.17, 15) is 4.79 Å². The number of piperidine rings is 1. The lowest BCUT2D eigenvalue weighted by atomic mass is 10.0. The summed E-state index contributed by atoms with van der Waals surface area (Å²) in [4.78, 5) is 19.7. The summed E-state index contributed by atoms with van der Waals surface area (Å²) in [5.74, 6) is 0.167. The van der Waals surface area contributed by atoms with E-state index in [2.05, 4.69) is 10.1 Å². The van der Waals surface area contributed by atoms with Gasteiger partial charge in [-0.15, -0.1) is 0 Å². The molecule has 0 bridgehead atoms. The lowest BCUT2D eigenvalue weighted by Gasteiger charge is -2.37. The number of benzene rings is 1. The van der Waals surface area contributed by atoms with Crippen LogP contribution in [0.4, 0.5) is 0 Å². The minimum absolute atomic E-state index is 0.167. The molecule has 1 aliphatic heterocycles. The molecule has 1 saturated heterocycles. The Hall–Kier alpha value is -2.63. The van der Waals surface area contributed by atoms with Gasteiger partial charge in [0.05, 0.1) is 29.9 Å². The van der Waals surface area contributed by atoms with Crippen molar-refractivity contribution in [2.45, 2.75) is 44.8 Å². The van der Waals surface area contributed by atoms with E-state index in [1.54, 1.807) is 12.5 Å². The van der Waals surface area contributed by atoms with Crippen LogP contribution in [-0.2, 0) is 11.3 Å². The van der Waals surface area contributed by atoms with Gasteiger partial charge in [0.25, 0.3) is 0 Å². The van der Waals surface area contributed by atoms with Gasteiger partial charge < -0.3 is 9.47 Å². The maximum absolute atomic E-state index is 13.2. The number of para-hydroxylation sites is 2. The van der Waals surface area contributed by atoms with E-state index in [0.29, 0.717) is 0 Å². The monoisotopic (exact) mass is 337 g/mol. The fourth-order valence-corrected chi connectivity index (χ4v) is 3.75. The molecule has 4 rings (SSSR count). The van der Waals surface area contributed by atoms with Gasteiger partial charge in [-0.05, 0) is 44.4 Å². The van der Waals surface area contributed by atoms with Crippen LogP contribution >= 0.6 is 0 Å². The number of fused-ring (bicyclic) bond motifs is 1. The Balaban J connectivity index is 1.57. The summed E-state index contributed by atoms with van der Waals surface area (Å²) in [6.07, 6.45) is 8.79. The number of rotatable bonds is 4. The molecule has 0 radical (unpaired) electrons. The van der Waals surface area contributed by atoms with Crippen molar-refractivity contribution in [3.05, 3.63) is 49.1 Å². The summed E-state index contributed by atoms with van der Waals surface area (Å²) < 4.78 is 3.91. The fourth-order valence-electron chi connectivity index (χ4n) is 3.75. The maximum atomic E-state index is 13.2. The number of amides is 1. The first-order valence-corrected chi connectivity index (χ1v) is 8.93. The summed E-state index contributed by atoms with van der Waals surface area (Å²) in [7, 11) is 0. The molecule has 3 heterocycles. The van der Waals surface area contributed by atoms with Gasteiger partial charge in [0.1, 0.15) is 6.04 Å². The maximum Gasteiger partial charge on any atom is 0.245 e. The Morgan fingerprint density at radius 1 is 1.28 bits per heavy atom. The van der Waals surface area contributed by atoms with Crippen molar-refractivity contribution < 1.29 is 4.79 Å². The molecule has 3 aromatic rings. The average Bonchev–Trinajstić information content (AvgIpc) is 3.30. The molecule has 130 valence electrons. The summed E-state index contributed by atoms with van der Waals surface area (Å²) in [5, 5.41) is 4.30. The van der Waals surface area contributed by atoms with Gasteiger partial charge in [-0.25, -0.2) is 4.98 Å². The van der Waals surface area contributed by atoms with Crippen LogP contribution in [0.3, 0.4) is 0 Å². The molecule has 2 atom stereocenters. The van der Waals surface area contributed by atoms with Crippen molar-refractivity contribution in [2.24, 2.45) is 0 Å². The predicted octanol–water partition coefficient (Wildman–Crippen LogP) is 2.88. The van der Waals surface area contributed by atoms with Gasteiger partial charge in [-0.3, -0.25) is 9.48 Å². The zero-order valence-electron chi connectivity index (χ0n) is 14.5. The third kappa shape index (κ3) is 3.04. The van der Waals surface area contributed by atoms with Crippen LogP contribution in [0.25, 0.3) is 11.0 Å². The van der Waals surface area contributed by atoms with Crippen LogP contribution in [0.5, 0.6) is 0 Å². The van der Waals surface area contributed by atoms with Crippen LogP contribution in [0.2, 0.25) is 0 Å². The Labute approximate surface area is 147 Å². The van der Waals surface area contributed by atoms with Crippen molar-refractivity contribution in [1.82, 2.24) is 24.2 Å². The molecule has 1 amide bonds. The van der Waals surface area contributed by atoms with Gasteiger partial charge in [-0.2, -0.15) is 5.10 Å². The number of aromatic nitrogens is 4. The number of hydrogen-bond acceptors (Lipinski definition) is 3. The fraction of sp³-hybridized carbons (Fsp3) is 0.421. The van der Waals surface area contributed by atoms with Gasteiger partial charge in [0, 0.05) is 18.9 Å². The van der Waals surface area contributed by atoms with Crippen molar-refractivity contribution in [1.29, 1.82) is 0 Å². The van der Waals surface area contributed by atoms with E-state index in [1.807, 2.05) is 57.6 Å². The molecule has 0 N–H and O–H groups in total. The molecule has 25 heavy (non-hydrogen) atoms. The largest absolute Gasteiger partial charge is 0.336 e. The van der Waals surface area contributed by atoms with Crippen molar-refractivity contribution in [2.75, 3.05) is 6.54 Å². The third-order valence-corrected chi connectivity index (χ3v) is 5.12. The third-order valence-electron chi connectivity index (χ3n) is 5.12. The quantitative estimate of drug-likeness (QED) is 0.735. The topological polar surface area (TPSA) is 56.0 Å². The molecular formula is C19H23N5O. The van der Waals surface area contributed by atoms with Gasteiger partial charge in [0.2, 0.25) is 5.91 Å². The molecule has 2 aromatic heterocycles. The minimum Gasteiger partial charge on any atom is -0.336 e. The molecular weight excluding hydrogens is 314 g/mol. The standard InChI is InChI=1S/C19H23N5O/c1-15(24-14-20-17-8-2-3-9-18(17)24)19(25)23-12-5-4-7-16(23)13-22-11-6-10-21-22/h2-3,6,8-11,14-16H,4-5,7,12-13H2,1H3/t15-,16-/m1/s1. The first-order valence-electron chi connectivity index (χ1n) is 8.93.